The number of hydrogen-bond acceptors (Lipinski definition) is 6. The lowest BCUT2D eigenvalue weighted by Crippen LogP contribution is -2.21. The van der Waals surface area contributed by atoms with E-state index in [4.69, 9.17) is 25.8 Å². The quantitative estimate of drug-likeness (QED) is 0.258. The number of ether oxygens (including phenoxy) is 3. The highest BCUT2D eigenvalue weighted by molar-refractivity contribution is 6.34. The number of benzene rings is 3. The third-order valence-corrected chi connectivity index (χ3v) is 6.06. The highest BCUT2D eigenvalue weighted by Gasteiger charge is 2.29. The Kier molecular flexibility index (Phi) is 8.25. The van der Waals surface area contributed by atoms with Gasteiger partial charge in [0.2, 0.25) is 0 Å². The zero-order valence-corrected chi connectivity index (χ0v) is 21.6. The summed E-state index contributed by atoms with van der Waals surface area (Å²) >= 11 is 6.12. The SMILES string of the molecule is CCOc1cc(/C=C2\C(=O)N(c3ccc(Cl)c(C(=O)OC)c3)N=C2C)ccc1OCCc1ccccc1. The minimum atomic E-state index is -0.593. The monoisotopic (exact) mass is 518 g/mol. The molecule has 8 heteroatoms. The molecule has 0 saturated carbocycles. The van der Waals surface area contributed by atoms with Crippen molar-refractivity contribution in [1.82, 2.24) is 0 Å². The summed E-state index contributed by atoms with van der Waals surface area (Å²) in [6.45, 7) is 4.65. The van der Waals surface area contributed by atoms with Gasteiger partial charge in [-0.2, -0.15) is 10.1 Å². The van der Waals surface area contributed by atoms with E-state index in [9.17, 15) is 9.59 Å². The topological polar surface area (TPSA) is 77.4 Å². The maximum absolute atomic E-state index is 13.2. The first-order valence-corrected chi connectivity index (χ1v) is 12.2. The van der Waals surface area contributed by atoms with E-state index in [1.54, 1.807) is 19.1 Å². The summed E-state index contributed by atoms with van der Waals surface area (Å²) in [7, 11) is 1.27. The number of carbonyl (C=O) groups excluding carboxylic acids is 2. The number of methoxy groups -OCH3 is 1. The molecule has 7 nitrogen and oxygen atoms in total. The van der Waals surface area contributed by atoms with Crippen LogP contribution in [0.4, 0.5) is 5.69 Å². The Bertz CT molecular complexity index is 1370. The third kappa shape index (κ3) is 6.01. The highest BCUT2D eigenvalue weighted by atomic mass is 35.5. The maximum Gasteiger partial charge on any atom is 0.339 e. The van der Waals surface area contributed by atoms with Gasteiger partial charge in [-0.15, -0.1) is 0 Å². The average Bonchev–Trinajstić information content (AvgIpc) is 3.19. The minimum absolute atomic E-state index is 0.156. The smallest absolute Gasteiger partial charge is 0.339 e. The van der Waals surface area contributed by atoms with Crippen molar-refractivity contribution in [3.8, 4) is 11.5 Å². The Morgan fingerprint density at radius 2 is 1.81 bits per heavy atom. The fraction of sp³-hybridized carbons (Fsp3) is 0.207. The van der Waals surface area contributed by atoms with Crippen LogP contribution in [0.15, 0.2) is 77.4 Å². The van der Waals surface area contributed by atoms with Crippen molar-refractivity contribution in [2.45, 2.75) is 20.3 Å². The summed E-state index contributed by atoms with van der Waals surface area (Å²) in [4.78, 5) is 25.3. The van der Waals surface area contributed by atoms with Gasteiger partial charge in [0, 0.05) is 6.42 Å². The Hall–Kier alpha value is -4.10. The molecule has 3 aromatic rings. The molecule has 1 aliphatic rings. The molecule has 190 valence electrons. The molecule has 0 radical (unpaired) electrons. The molecule has 0 aliphatic carbocycles. The van der Waals surface area contributed by atoms with Crippen LogP contribution in [0.5, 0.6) is 11.5 Å². The van der Waals surface area contributed by atoms with Crippen LogP contribution in [0.2, 0.25) is 5.02 Å². The van der Waals surface area contributed by atoms with Crippen LogP contribution in [0.3, 0.4) is 0 Å². The lowest BCUT2D eigenvalue weighted by Gasteiger charge is -2.14. The summed E-state index contributed by atoms with van der Waals surface area (Å²) in [5.74, 6) is 0.324. The molecule has 4 rings (SSSR count). The van der Waals surface area contributed by atoms with Gasteiger partial charge < -0.3 is 14.2 Å². The van der Waals surface area contributed by atoms with Gasteiger partial charge in [-0.25, -0.2) is 4.79 Å². The Labute approximate surface area is 220 Å². The van der Waals surface area contributed by atoms with E-state index in [0.717, 1.165) is 12.0 Å². The van der Waals surface area contributed by atoms with Gasteiger partial charge >= 0.3 is 5.97 Å². The molecule has 3 aromatic carbocycles. The van der Waals surface area contributed by atoms with Gasteiger partial charge in [-0.05, 0) is 61.4 Å². The van der Waals surface area contributed by atoms with Crippen molar-refractivity contribution in [3.63, 3.8) is 0 Å². The summed E-state index contributed by atoms with van der Waals surface area (Å²) in [5, 5.41) is 5.87. The van der Waals surface area contributed by atoms with Crippen LogP contribution in [-0.2, 0) is 16.0 Å². The van der Waals surface area contributed by atoms with E-state index >= 15 is 0 Å². The van der Waals surface area contributed by atoms with Crippen molar-refractivity contribution in [3.05, 3.63) is 94.0 Å². The molecule has 0 atom stereocenters. The number of hydrazone groups is 1. The number of esters is 1. The lowest BCUT2D eigenvalue weighted by molar-refractivity contribution is -0.114. The first kappa shape index (κ1) is 26.0. The standard InChI is InChI=1S/C29H27ClN2O5/c1-4-36-27-17-21(10-13-26(27)37-15-14-20-8-6-5-7-9-20)16-23-19(2)31-32(28(23)33)22-11-12-25(30)24(18-22)29(34)35-3/h5-13,16-18H,4,14-15H2,1-3H3/b23-16-. The zero-order chi connectivity index (χ0) is 26.4. The van der Waals surface area contributed by atoms with Crippen LogP contribution < -0.4 is 14.5 Å². The molecule has 0 saturated heterocycles. The van der Waals surface area contributed by atoms with Gasteiger partial charge in [-0.1, -0.05) is 48.0 Å². The second-order valence-corrected chi connectivity index (χ2v) is 8.65. The molecule has 0 fully saturated rings. The average molecular weight is 519 g/mol. The van der Waals surface area contributed by atoms with Gasteiger partial charge in [0.05, 0.1) is 47.9 Å². The van der Waals surface area contributed by atoms with Crippen molar-refractivity contribution in [2.24, 2.45) is 5.10 Å². The van der Waals surface area contributed by atoms with Crippen molar-refractivity contribution in [1.29, 1.82) is 0 Å². The second-order valence-electron chi connectivity index (χ2n) is 8.24. The van der Waals surface area contributed by atoms with Crippen molar-refractivity contribution < 1.29 is 23.8 Å². The summed E-state index contributed by atoms with van der Waals surface area (Å²) in [5.41, 5.74) is 3.50. The summed E-state index contributed by atoms with van der Waals surface area (Å²) < 4.78 is 16.6. The molecule has 0 N–H and O–H groups in total. The lowest BCUT2D eigenvalue weighted by atomic mass is 10.1. The Morgan fingerprint density at radius 3 is 2.54 bits per heavy atom. The molecular formula is C29H27ClN2O5. The Balaban J connectivity index is 1.54. The van der Waals surface area contributed by atoms with Crippen LogP contribution in [0.25, 0.3) is 6.08 Å². The van der Waals surface area contributed by atoms with Gasteiger partial charge in [0.15, 0.2) is 11.5 Å². The number of anilines is 1. The van der Waals surface area contributed by atoms with E-state index < -0.39 is 5.97 Å². The first-order chi connectivity index (χ1) is 17.9. The van der Waals surface area contributed by atoms with E-state index in [0.29, 0.717) is 41.7 Å². The summed E-state index contributed by atoms with van der Waals surface area (Å²) in [6.07, 6.45) is 2.54. The van der Waals surface area contributed by atoms with Crippen molar-refractivity contribution >= 4 is 41.0 Å². The van der Waals surface area contributed by atoms with Gasteiger partial charge in [-0.3, -0.25) is 4.79 Å². The number of hydrogen-bond donors (Lipinski definition) is 0. The normalized spacial score (nSPS) is 14.1. The Morgan fingerprint density at radius 1 is 1.03 bits per heavy atom. The molecule has 37 heavy (non-hydrogen) atoms. The van der Waals surface area contributed by atoms with Gasteiger partial charge in [0.25, 0.3) is 5.91 Å². The molecule has 0 unspecified atom stereocenters. The molecular weight excluding hydrogens is 492 g/mol. The van der Waals surface area contributed by atoms with E-state index in [-0.39, 0.29) is 16.5 Å². The predicted molar refractivity (Wildman–Crippen MR) is 145 cm³/mol. The van der Waals surface area contributed by atoms with Crippen LogP contribution >= 0.6 is 11.6 Å². The molecule has 1 aliphatic heterocycles. The zero-order valence-electron chi connectivity index (χ0n) is 20.9. The fourth-order valence-electron chi connectivity index (χ4n) is 3.86. The summed E-state index contributed by atoms with van der Waals surface area (Å²) in [6, 6.07) is 20.3. The molecule has 0 bridgehead atoms. The number of amides is 1. The van der Waals surface area contributed by atoms with Crippen molar-refractivity contribution in [2.75, 3.05) is 25.3 Å². The minimum Gasteiger partial charge on any atom is -0.490 e. The van der Waals surface area contributed by atoms with E-state index in [1.165, 1.54) is 29.8 Å². The maximum atomic E-state index is 13.2. The van der Waals surface area contributed by atoms with E-state index in [2.05, 4.69) is 17.2 Å². The van der Waals surface area contributed by atoms with Crippen LogP contribution in [-0.4, -0.2) is 37.9 Å². The molecule has 0 spiro atoms. The fourth-order valence-corrected chi connectivity index (χ4v) is 4.06. The largest absolute Gasteiger partial charge is 0.490 e. The van der Waals surface area contributed by atoms with Crippen LogP contribution in [0, 0.1) is 0 Å². The highest BCUT2D eigenvalue weighted by Crippen LogP contribution is 2.32. The predicted octanol–water partition coefficient (Wildman–Crippen LogP) is 5.95. The number of halogens is 1. The first-order valence-electron chi connectivity index (χ1n) is 11.8. The number of nitrogens with zero attached hydrogens (tertiary/aromatic N) is 2. The molecule has 1 amide bonds. The number of carbonyl (C=O) groups is 2. The van der Waals surface area contributed by atoms with Crippen LogP contribution in [0.1, 0.15) is 35.3 Å². The van der Waals surface area contributed by atoms with E-state index in [1.807, 2.05) is 43.3 Å². The second kappa shape index (κ2) is 11.8. The van der Waals surface area contributed by atoms with Gasteiger partial charge in [0.1, 0.15) is 0 Å². The molecule has 0 aromatic heterocycles. The number of rotatable bonds is 9. The molecule has 1 heterocycles. The third-order valence-electron chi connectivity index (χ3n) is 5.73.